The number of aromatic hydroxyl groups is 1. The Balaban J connectivity index is 2.23. The molecule has 0 fully saturated rings. The first-order valence-corrected chi connectivity index (χ1v) is 5.55. The fraction of sp³-hybridized carbons (Fsp3) is 0.0769. The van der Waals surface area contributed by atoms with Gasteiger partial charge in [0.1, 0.15) is 11.6 Å². The number of imidazole rings is 1. The van der Waals surface area contributed by atoms with Crippen molar-refractivity contribution in [2.24, 2.45) is 0 Å². The van der Waals surface area contributed by atoms with Crippen LogP contribution in [0.2, 0.25) is 0 Å². The molecule has 0 aliphatic carbocycles. The number of nitrogens with two attached hydrogens (primary N) is 1. The lowest BCUT2D eigenvalue weighted by molar-refractivity contribution is 0.477. The van der Waals surface area contributed by atoms with Crippen molar-refractivity contribution in [1.29, 1.82) is 0 Å². The molecule has 90 valence electrons. The highest BCUT2D eigenvalue weighted by Gasteiger charge is 2.09. The standard InChI is InChI=1S/C13H12N4O/c1-8-6-17-7-10(15-13(17)16-12(8)14)9-4-2-3-5-11(9)18/h2-7,18H,1H3,(H2,14,15,16). The summed E-state index contributed by atoms with van der Waals surface area (Å²) in [7, 11) is 0. The number of nitrogen functional groups attached to an aromatic ring is 1. The molecule has 3 rings (SSSR count). The van der Waals surface area contributed by atoms with Gasteiger partial charge in [0, 0.05) is 23.5 Å². The molecule has 3 N–H and O–H groups in total. The summed E-state index contributed by atoms with van der Waals surface area (Å²) in [6.07, 6.45) is 3.69. The molecule has 5 nitrogen and oxygen atoms in total. The van der Waals surface area contributed by atoms with Gasteiger partial charge in [-0.2, -0.15) is 4.98 Å². The monoisotopic (exact) mass is 240 g/mol. The van der Waals surface area contributed by atoms with Crippen molar-refractivity contribution >= 4 is 11.6 Å². The van der Waals surface area contributed by atoms with E-state index in [0.29, 0.717) is 22.9 Å². The molecule has 1 aromatic carbocycles. The van der Waals surface area contributed by atoms with Gasteiger partial charge in [-0.3, -0.25) is 4.40 Å². The first-order chi connectivity index (χ1) is 8.65. The van der Waals surface area contributed by atoms with Crippen LogP contribution in [-0.4, -0.2) is 19.5 Å². The van der Waals surface area contributed by atoms with Gasteiger partial charge in [-0.25, -0.2) is 4.98 Å². The second-order valence-electron chi connectivity index (χ2n) is 4.16. The van der Waals surface area contributed by atoms with Gasteiger partial charge in [0.25, 0.3) is 0 Å². The average molecular weight is 240 g/mol. The Labute approximate surface area is 104 Å². The van der Waals surface area contributed by atoms with Crippen LogP contribution in [0.1, 0.15) is 5.56 Å². The van der Waals surface area contributed by atoms with E-state index in [9.17, 15) is 5.11 Å². The van der Waals surface area contributed by atoms with Gasteiger partial charge in [0.15, 0.2) is 0 Å². The number of phenols is 1. The smallest absolute Gasteiger partial charge is 0.236 e. The number of hydrogen-bond acceptors (Lipinski definition) is 4. The summed E-state index contributed by atoms with van der Waals surface area (Å²) in [5, 5.41) is 9.80. The lowest BCUT2D eigenvalue weighted by Crippen LogP contribution is -1.97. The Kier molecular flexibility index (Phi) is 2.19. The number of hydrogen-bond donors (Lipinski definition) is 2. The number of fused-ring (bicyclic) bond motifs is 1. The third-order valence-corrected chi connectivity index (χ3v) is 2.85. The molecule has 2 aromatic heterocycles. The van der Waals surface area contributed by atoms with Crippen LogP contribution in [0.5, 0.6) is 5.75 Å². The Morgan fingerprint density at radius 2 is 1.94 bits per heavy atom. The minimum absolute atomic E-state index is 0.200. The van der Waals surface area contributed by atoms with Gasteiger partial charge in [0.05, 0.1) is 5.69 Å². The zero-order valence-corrected chi connectivity index (χ0v) is 9.83. The number of aromatic nitrogens is 3. The molecule has 5 heteroatoms. The Morgan fingerprint density at radius 1 is 1.17 bits per heavy atom. The number of aryl methyl sites for hydroxylation is 1. The molecule has 0 spiro atoms. The van der Waals surface area contributed by atoms with Gasteiger partial charge in [-0.1, -0.05) is 12.1 Å². The molecule has 0 radical (unpaired) electrons. The molecule has 0 aliphatic rings. The van der Waals surface area contributed by atoms with Crippen LogP contribution in [0.3, 0.4) is 0 Å². The van der Waals surface area contributed by atoms with E-state index in [2.05, 4.69) is 9.97 Å². The van der Waals surface area contributed by atoms with Crippen LogP contribution in [0.15, 0.2) is 36.7 Å². The molecule has 0 amide bonds. The van der Waals surface area contributed by atoms with Crippen molar-refractivity contribution in [3.05, 3.63) is 42.2 Å². The fourth-order valence-electron chi connectivity index (χ4n) is 1.85. The number of phenolic OH excluding ortho intramolecular Hbond substituents is 1. The Hall–Kier alpha value is -2.56. The number of benzene rings is 1. The summed E-state index contributed by atoms with van der Waals surface area (Å²) in [4.78, 5) is 8.56. The summed E-state index contributed by atoms with van der Waals surface area (Å²) in [5.41, 5.74) is 7.99. The third kappa shape index (κ3) is 1.57. The van der Waals surface area contributed by atoms with Crippen LogP contribution in [0.4, 0.5) is 5.82 Å². The lowest BCUT2D eigenvalue weighted by atomic mass is 10.1. The van der Waals surface area contributed by atoms with Crippen molar-refractivity contribution in [3.63, 3.8) is 0 Å². The summed E-state index contributed by atoms with van der Waals surface area (Å²) < 4.78 is 1.80. The summed E-state index contributed by atoms with van der Waals surface area (Å²) in [6, 6.07) is 7.07. The van der Waals surface area contributed by atoms with Crippen LogP contribution in [0, 0.1) is 6.92 Å². The number of nitrogens with zero attached hydrogens (tertiary/aromatic N) is 3. The summed E-state index contributed by atoms with van der Waals surface area (Å²) >= 11 is 0. The number of anilines is 1. The second-order valence-corrected chi connectivity index (χ2v) is 4.16. The molecule has 18 heavy (non-hydrogen) atoms. The molecule has 3 aromatic rings. The lowest BCUT2D eigenvalue weighted by Gasteiger charge is -1.98. The highest BCUT2D eigenvalue weighted by atomic mass is 16.3. The van der Waals surface area contributed by atoms with E-state index in [1.807, 2.05) is 31.5 Å². The largest absolute Gasteiger partial charge is 0.507 e. The first-order valence-electron chi connectivity index (χ1n) is 5.55. The maximum absolute atomic E-state index is 9.80. The normalized spacial score (nSPS) is 10.9. The van der Waals surface area contributed by atoms with E-state index < -0.39 is 0 Å². The predicted molar refractivity (Wildman–Crippen MR) is 69.2 cm³/mol. The minimum Gasteiger partial charge on any atom is -0.507 e. The average Bonchev–Trinajstić information content (AvgIpc) is 2.73. The third-order valence-electron chi connectivity index (χ3n) is 2.85. The van der Waals surface area contributed by atoms with Crippen molar-refractivity contribution < 1.29 is 5.11 Å². The minimum atomic E-state index is 0.200. The quantitative estimate of drug-likeness (QED) is 0.682. The maximum Gasteiger partial charge on any atom is 0.236 e. The zero-order valence-electron chi connectivity index (χ0n) is 9.83. The van der Waals surface area contributed by atoms with Gasteiger partial charge in [-0.05, 0) is 19.1 Å². The van der Waals surface area contributed by atoms with Gasteiger partial charge < -0.3 is 10.8 Å². The van der Waals surface area contributed by atoms with E-state index >= 15 is 0 Å². The molecule has 0 atom stereocenters. The molecule has 0 saturated heterocycles. The van der Waals surface area contributed by atoms with Gasteiger partial charge >= 0.3 is 0 Å². The topological polar surface area (TPSA) is 76.4 Å². The molecule has 0 aliphatic heterocycles. The Bertz CT molecular complexity index is 694. The van der Waals surface area contributed by atoms with Gasteiger partial charge in [-0.15, -0.1) is 0 Å². The van der Waals surface area contributed by atoms with E-state index in [-0.39, 0.29) is 5.75 Å². The molecule has 0 saturated carbocycles. The number of rotatable bonds is 1. The molecule has 0 bridgehead atoms. The van der Waals surface area contributed by atoms with Gasteiger partial charge in [0.2, 0.25) is 5.78 Å². The molecule has 2 heterocycles. The van der Waals surface area contributed by atoms with Crippen LogP contribution >= 0.6 is 0 Å². The highest BCUT2D eigenvalue weighted by molar-refractivity contribution is 5.68. The first kappa shape index (κ1) is 10.6. The maximum atomic E-state index is 9.80. The van der Waals surface area contributed by atoms with Crippen molar-refractivity contribution in [3.8, 4) is 17.0 Å². The fourth-order valence-corrected chi connectivity index (χ4v) is 1.85. The SMILES string of the molecule is Cc1cn2cc(-c3ccccc3O)nc2nc1N. The van der Waals surface area contributed by atoms with Crippen LogP contribution in [-0.2, 0) is 0 Å². The van der Waals surface area contributed by atoms with E-state index in [1.165, 1.54) is 0 Å². The summed E-state index contributed by atoms with van der Waals surface area (Å²) in [6.45, 7) is 1.89. The predicted octanol–water partition coefficient (Wildman–Crippen LogP) is 1.99. The number of para-hydroxylation sites is 1. The van der Waals surface area contributed by atoms with E-state index in [1.54, 1.807) is 16.5 Å². The molecule has 0 unspecified atom stereocenters. The molecular formula is C13H12N4O. The molecular weight excluding hydrogens is 228 g/mol. The van der Waals surface area contributed by atoms with E-state index in [0.717, 1.165) is 5.56 Å². The highest BCUT2D eigenvalue weighted by Crippen LogP contribution is 2.27. The van der Waals surface area contributed by atoms with Crippen molar-refractivity contribution in [2.75, 3.05) is 5.73 Å². The summed E-state index contributed by atoms with van der Waals surface area (Å²) in [5.74, 6) is 1.19. The van der Waals surface area contributed by atoms with Crippen molar-refractivity contribution in [1.82, 2.24) is 14.4 Å². The second kappa shape index (κ2) is 3.73. The van der Waals surface area contributed by atoms with Crippen LogP contribution < -0.4 is 5.73 Å². The van der Waals surface area contributed by atoms with E-state index in [4.69, 9.17) is 5.73 Å². The zero-order chi connectivity index (χ0) is 12.7. The Morgan fingerprint density at radius 3 is 2.72 bits per heavy atom. The van der Waals surface area contributed by atoms with Crippen molar-refractivity contribution in [2.45, 2.75) is 6.92 Å². The van der Waals surface area contributed by atoms with Crippen LogP contribution in [0.25, 0.3) is 17.0 Å².